The Kier molecular flexibility index (Phi) is 3.96. The van der Waals surface area contributed by atoms with E-state index in [1.165, 1.54) is 0 Å². The lowest BCUT2D eigenvalue weighted by Gasteiger charge is -2.11. The lowest BCUT2D eigenvalue weighted by molar-refractivity contribution is 0.613. The van der Waals surface area contributed by atoms with Crippen molar-refractivity contribution in [2.24, 2.45) is 0 Å². The zero-order valence-corrected chi connectivity index (χ0v) is 13.9. The molecule has 0 saturated heterocycles. The Balaban J connectivity index is 2.12. The number of nitrogens with one attached hydrogen (secondary N) is 2. The molecule has 0 saturated carbocycles. The predicted molar refractivity (Wildman–Crippen MR) is 94.4 cm³/mol. The van der Waals surface area contributed by atoms with E-state index in [0.29, 0.717) is 28.0 Å². The number of fused-ring (bicyclic) bond motifs is 1. The van der Waals surface area contributed by atoms with Gasteiger partial charge in [0.1, 0.15) is 0 Å². The largest absolute Gasteiger partial charge is 0.399 e. The third-order valence-electron chi connectivity index (χ3n) is 3.38. The highest BCUT2D eigenvalue weighted by atomic mass is 35.5. The van der Waals surface area contributed by atoms with Crippen molar-refractivity contribution in [3.8, 4) is 0 Å². The van der Waals surface area contributed by atoms with Crippen LogP contribution >= 0.6 is 11.6 Å². The predicted octanol–water partition coefficient (Wildman–Crippen LogP) is 3.43. The molecule has 8 heteroatoms. The SMILES string of the molecule is CNc1nc(Nc2cc(N)cc(Cl)c2)c2ncn(C(C)C)c2n1. The average Bonchev–Trinajstić information content (AvgIpc) is 2.90. The molecule has 2 heterocycles. The molecule has 3 rings (SSSR count). The highest BCUT2D eigenvalue weighted by Gasteiger charge is 2.15. The Bertz CT molecular complexity index is 836. The molecule has 1 aromatic carbocycles. The maximum Gasteiger partial charge on any atom is 0.226 e. The van der Waals surface area contributed by atoms with E-state index in [1.54, 1.807) is 31.6 Å². The number of nitrogens with two attached hydrogens (primary N) is 1. The lowest BCUT2D eigenvalue weighted by atomic mass is 10.3. The fraction of sp³-hybridized carbons (Fsp3) is 0.267. The summed E-state index contributed by atoms with van der Waals surface area (Å²) in [5.41, 5.74) is 8.61. The van der Waals surface area contributed by atoms with E-state index in [9.17, 15) is 0 Å². The maximum atomic E-state index is 6.05. The molecule has 7 nitrogen and oxygen atoms in total. The lowest BCUT2D eigenvalue weighted by Crippen LogP contribution is -2.05. The number of nitrogens with zero attached hydrogens (tertiary/aromatic N) is 4. The van der Waals surface area contributed by atoms with Crippen LogP contribution in [0.25, 0.3) is 11.2 Å². The van der Waals surface area contributed by atoms with Gasteiger partial charge in [0.15, 0.2) is 17.0 Å². The monoisotopic (exact) mass is 331 g/mol. The number of rotatable bonds is 4. The van der Waals surface area contributed by atoms with E-state index in [1.807, 2.05) is 4.57 Å². The molecule has 0 fully saturated rings. The summed E-state index contributed by atoms with van der Waals surface area (Å²) in [4.78, 5) is 13.4. The summed E-state index contributed by atoms with van der Waals surface area (Å²) in [5.74, 6) is 1.11. The molecule has 0 aliphatic rings. The fourth-order valence-corrected chi connectivity index (χ4v) is 2.56. The van der Waals surface area contributed by atoms with Gasteiger partial charge in [0, 0.05) is 29.5 Å². The van der Waals surface area contributed by atoms with Gasteiger partial charge in [-0.15, -0.1) is 0 Å². The Labute approximate surface area is 138 Å². The number of anilines is 4. The molecule has 0 amide bonds. The smallest absolute Gasteiger partial charge is 0.226 e. The second-order valence-corrected chi connectivity index (χ2v) is 5.90. The standard InChI is InChI=1S/C15H18ClN7/c1-8(2)23-7-19-12-13(21-15(18-3)22-14(12)23)20-11-5-9(16)4-10(17)6-11/h4-8H,17H2,1-3H3,(H2,18,20,21,22). The molecule has 120 valence electrons. The Hall–Kier alpha value is -2.54. The summed E-state index contributed by atoms with van der Waals surface area (Å²) < 4.78 is 2.00. The first-order valence-electron chi connectivity index (χ1n) is 7.23. The molecule has 0 aliphatic heterocycles. The van der Waals surface area contributed by atoms with Gasteiger partial charge >= 0.3 is 0 Å². The van der Waals surface area contributed by atoms with Crippen LogP contribution in [-0.4, -0.2) is 26.6 Å². The van der Waals surface area contributed by atoms with Gasteiger partial charge in [-0.2, -0.15) is 9.97 Å². The fourth-order valence-electron chi connectivity index (χ4n) is 2.31. The molecule has 0 radical (unpaired) electrons. The van der Waals surface area contributed by atoms with Gasteiger partial charge in [-0.3, -0.25) is 0 Å². The second kappa shape index (κ2) is 5.92. The van der Waals surface area contributed by atoms with Crippen LogP contribution in [-0.2, 0) is 0 Å². The summed E-state index contributed by atoms with van der Waals surface area (Å²) in [6.45, 7) is 4.15. The van der Waals surface area contributed by atoms with E-state index >= 15 is 0 Å². The van der Waals surface area contributed by atoms with Gasteiger partial charge in [-0.25, -0.2) is 4.98 Å². The van der Waals surface area contributed by atoms with Crippen molar-refractivity contribution in [3.05, 3.63) is 29.5 Å². The Morgan fingerprint density at radius 2 is 2.00 bits per heavy atom. The van der Waals surface area contributed by atoms with E-state index in [0.717, 1.165) is 11.3 Å². The van der Waals surface area contributed by atoms with Crippen LogP contribution in [0.2, 0.25) is 5.02 Å². The van der Waals surface area contributed by atoms with Gasteiger partial charge in [0.05, 0.1) is 6.33 Å². The third kappa shape index (κ3) is 3.00. The first-order valence-corrected chi connectivity index (χ1v) is 7.61. The highest BCUT2D eigenvalue weighted by molar-refractivity contribution is 6.31. The van der Waals surface area contributed by atoms with Gasteiger partial charge in [0.25, 0.3) is 0 Å². The normalized spacial score (nSPS) is 11.2. The number of halogens is 1. The molecule has 0 spiro atoms. The molecule has 2 aromatic heterocycles. The van der Waals surface area contributed by atoms with Gasteiger partial charge in [-0.05, 0) is 32.0 Å². The van der Waals surface area contributed by atoms with E-state index in [-0.39, 0.29) is 6.04 Å². The molecule has 0 bridgehead atoms. The molecular formula is C15H18ClN7. The van der Waals surface area contributed by atoms with Crippen molar-refractivity contribution in [3.63, 3.8) is 0 Å². The number of hydrogen-bond acceptors (Lipinski definition) is 6. The summed E-state index contributed by atoms with van der Waals surface area (Å²) >= 11 is 6.05. The molecule has 0 aliphatic carbocycles. The summed E-state index contributed by atoms with van der Waals surface area (Å²) in [7, 11) is 1.78. The van der Waals surface area contributed by atoms with Crippen LogP contribution in [0.3, 0.4) is 0 Å². The zero-order valence-electron chi connectivity index (χ0n) is 13.1. The average molecular weight is 332 g/mol. The summed E-state index contributed by atoms with van der Waals surface area (Å²) in [6.07, 6.45) is 1.76. The zero-order chi connectivity index (χ0) is 16.6. The van der Waals surface area contributed by atoms with Crippen molar-refractivity contribution < 1.29 is 0 Å². The number of imidazole rings is 1. The topological polar surface area (TPSA) is 93.7 Å². The van der Waals surface area contributed by atoms with E-state index in [4.69, 9.17) is 17.3 Å². The summed E-state index contributed by atoms with van der Waals surface area (Å²) in [6, 6.07) is 5.51. The Morgan fingerprint density at radius 3 is 2.65 bits per heavy atom. The van der Waals surface area contributed by atoms with Crippen LogP contribution in [0.5, 0.6) is 0 Å². The first kappa shape index (κ1) is 15.4. The van der Waals surface area contributed by atoms with Crippen LogP contribution in [0.15, 0.2) is 24.5 Å². The number of nitrogen functional groups attached to an aromatic ring is 1. The minimum absolute atomic E-state index is 0.245. The first-order chi connectivity index (χ1) is 11.0. The van der Waals surface area contributed by atoms with Crippen LogP contribution in [0, 0.1) is 0 Å². The Morgan fingerprint density at radius 1 is 1.22 bits per heavy atom. The second-order valence-electron chi connectivity index (χ2n) is 5.46. The molecule has 23 heavy (non-hydrogen) atoms. The van der Waals surface area contributed by atoms with Crippen LogP contribution < -0.4 is 16.4 Å². The third-order valence-corrected chi connectivity index (χ3v) is 3.60. The maximum absolute atomic E-state index is 6.05. The van der Waals surface area contributed by atoms with Crippen molar-refractivity contribution in [2.75, 3.05) is 23.4 Å². The van der Waals surface area contributed by atoms with Crippen molar-refractivity contribution in [2.45, 2.75) is 19.9 Å². The number of benzene rings is 1. The van der Waals surface area contributed by atoms with Gasteiger partial charge in [-0.1, -0.05) is 11.6 Å². The van der Waals surface area contributed by atoms with Crippen molar-refractivity contribution in [1.29, 1.82) is 0 Å². The van der Waals surface area contributed by atoms with E-state index < -0.39 is 0 Å². The number of aromatic nitrogens is 4. The van der Waals surface area contributed by atoms with Gasteiger partial charge < -0.3 is 20.9 Å². The van der Waals surface area contributed by atoms with Crippen molar-refractivity contribution >= 4 is 45.9 Å². The van der Waals surface area contributed by atoms with Crippen molar-refractivity contribution in [1.82, 2.24) is 19.5 Å². The molecular weight excluding hydrogens is 314 g/mol. The minimum atomic E-state index is 0.245. The molecule has 3 aromatic rings. The molecule has 4 N–H and O–H groups in total. The summed E-state index contributed by atoms with van der Waals surface area (Å²) in [5, 5.41) is 6.75. The highest BCUT2D eigenvalue weighted by Crippen LogP contribution is 2.28. The van der Waals surface area contributed by atoms with Crippen LogP contribution in [0.1, 0.15) is 19.9 Å². The minimum Gasteiger partial charge on any atom is -0.399 e. The van der Waals surface area contributed by atoms with Gasteiger partial charge in [0.2, 0.25) is 5.95 Å². The quantitative estimate of drug-likeness (QED) is 0.634. The molecule has 0 unspecified atom stereocenters. The number of hydrogen-bond donors (Lipinski definition) is 3. The molecule has 0 atom stereocenters. The van der Waals surface area contributed by atoms with E-state index in [2.05, 4.69) is 39.4 Å². The van der Waals surface area contributed by atoms with Crippen LogP contribution in [0.4, 0.5) is 23.1 Å².